The van der Waals surface area contributed by atoms with Crippen molar-refractivity contribution in [2.75, 3.05) is 0 Å². The number of amides is 1. The Balaban J connectivity index is 1.95. The molecule has 1 aromatic carbocycles. The fourth-order valence-corrected chi connectivity index (χ4v) is 3.57. The van der Waals surface area contributed by atoms with Crippen LogP contribution < -0.4 is 5.32 Å². The summed E-state index contributed by atoms with van der Waals surface area (Å²) in [6.45, 7) is 1.55. The smallest absolute Gasteiger partial charge is 0.340 e. The summed E-state index contributed by atoms with van der Waals surface area (Å²) in [5.74, 6) is -1.46. The summed E-state index contributed by atoms with van der Waals surface area (Å²) in [4.78, 5) is 21.2. The number of aryl methyl sites for hydroxylation is 1. The maximum Gasteiger partial charge on any atom is 0.416 e. The van der Waals surface area contributed by atoms with Crippen molar-refractivity contribution in [1.82, 2.24) is 20.4 Å². The van der Waals surface area contributed by atoms with Gasteiger partial charge in [-0.15, -0.1) is 0 Å². The topological polar surface area (TPSA) is 80.9 Å². The highest BCUT2D eigenvalue weighted by molar-refractivity contribution is 6.30. The number of benzene rings is 1. The van der Waals surface area contributed by atoms with Gasteiger partial charge >= 0.3 is 6.18 Å². The molecule has 1 amide bonds. The van der Waals surface area contributed by atoms with Crippen LogP contribution in [0.5, 0.6) is 0 Å². The van der Waals surface area contributed by atoms with Gasteiger partial charge < -0.3 is 9.84 Å². The number of halogens is 5. The lowest BCUT2D eigenvalue weighted by atomic mass is 9.81. The van der Waals surface area contributed by atoms with Crippen molar-refractivity contribution >= 4 is 17.5 Å². The first-order chi connectivity index (χ1) is 15.1. The summed E-state index contributed by atoms with van der Waals surface area (Å²) in [5.41, 5.74) is -2.91. The number of nitrogens with zero attached hydrogens (tertiary/aromatic N) is 3. The van der Waals surface area contributed by atoms with Crippen LogP contribution >= 0.6 is 11.6 Å². The normalized spacial score (nSPS) is 15.9. The first-order valence-electron chi connectivity index (χ1n) is 9.68. The SMILES string of the molecule is Cc1nc(C[C@](NC(=O)C2CC2)(c2cc(F)cc(C(F)(F)F)c2)c2ccc(Cl)cn2)no1. The van der Waals surface area contributed by atoms with Gasteiger partial charge in [-0.25, -0.2) is 4.39 Å². The van der Waals surface area contributed by atoms with Gasteiger partial charge in [0.2, 0.25) is 11.8 Å². The minimum Gasteiger partial charge on any atom is -0.340 e. The van der Waals surface area contributed by atoms with Crippen LogP contribution in [-0.4, -0.2) is 21.0 Å². The van der Waals surface area contributed by atoms with Crippen molar-refractivity contribution in [2.45, 2.75) is 37.9 Å². The average Bonchev–Trinajstić information content (AvgIpc) is 3.49. The van der Waals surface area contributed by atoms with Crippen LogP contribution in [0.25, 0.3) is 0 Å². The molecule has 6 nitrogen and oxygen atoms in total. The largest absolute Gasteiger partial charge is 0.416 e. The zero-order valence-electron chi connectivity index (χ0n) is 16.7. The molecule has 2 heterocycles. The van der Waals surface area contributed by atoms with Crippen LogP contribution in [0.3, 0.4) is 0 Å². The van der Waals surface area contributed by atoms with Gasteiger partial charge in [-0.2, -0.15) is 18.2 Å². The third kappa shape index (κ3) is 4.59. The van der Waals surface area contributed by atoms with Crippen LogP contribution in [0.1, 0.15) is 41.4 Å². The Bertz CT molecular complexity index is 1150. The maximum atomic E-state index is 14.4. The molecule has 1 aliphatic rings. The molecule has 1 N–H and O–H groups in total. The molecule has 11 heteroatoms. The number of hydrogen-bond donors (Lipinski definition) is 1. The van der Waals surface area contributed by atoms with E-state index >= 15 is 0 Å². The van der Waals surface area contributed by atoms with Crippen LogP contribution in [0, 0.1) is 18.7 Å². The third-order valence-electron chi connectivity index (χ3n) is 5.16. The molecule has 1 atom stereocenters. The number of aromatic nitrogens is 3. The molecule has 3 aromatic rings. The van der Waals surface area contributed by atoms with E-state index in [1.807, 2.05) is 0 Å². The number of rotatable bonds is 6. The molecule has 1 aliphatic carbocycles. The average molecular weight is 469 g/mol. The minimum absolute atomic E-state index is 0.105. The monoisotopic (exact) mass is 468 g/mol. The Labute approximate surface area is 185 Å². The summed E-state index contributed by atoms with van der Waals surface area (Å²) < 4.78 is 59.9. The summed E-state index contributed by atoms with van der Waals surface area (Å²) in [6.07, 6.45) is -2.44. The van der Waals surface area contributed by atoms with E-state index in [-0.39, 0.29) is 46.2 Å². The highest BCUT2D eigenvalue weighted by Gasteiger charge is 2.44. The lowest BCUT2D eigenvalue weighted by Crippen LogP contribution is -2.50. The number of alkyl halides is 3. The summed E-state index contributed by atoms with van der Waals surface area (Å²) in [6, 6.07) is 5.06. The van der Waals surface area contributed by atoms with Gasteiger partial charge in [-0.05, 0) is 48.7 Å². The molecule has 0 aliphatic heterocycles. The molecule has 2 aromatic heterocycles. The highest BCUT2D eigenvalue weighted by atomic mass is 35.5. The molecule has 0 bridgehead atoms. The second kappa shape index (κ2) is 8.16. The first-order valence-corrected chi connectivity index (χ1v) is 10.1. The third-order valence-corrected chi connectivity index (χ3v) is 5.38. The van der Waals surface area contributed by atoms with Gasteiger partial charge in [0.05, 0.1) is 16.3 Å². The fourth-order valence-electron chi connectivity index (χ4n) is 3.46. The molecule has 168 valence electrons. The van der Waals surface area contributed by atoms with Crippen LogP contribution in [0.4, 0.5) is 17.6 Å². The van der Waals surface area contributed by atoms with E-state index in [9.17, 15) is 22.4 Å². The van der Waals surface area contributed by atoms with Gasteiger partial charge in [-0.1, -0.05) is 16.8 Å². The second-order valence-electron chi connectivity index (χ2n) is 7.66. The Morgan fingerprint density at radius 1 is 1.22 bits per heavy atom. The van der Waals surface area contributed by atoms with Crippen LogP contribution in [-0.2, 0) is 22.9 Å². The summed E-state index contributed by atoms with van der Waals surface area (Å²) in [7, 11) is 0. The van der Waals surface area contributed by atoms with Crippen molar-refractivity contribution in [3.63, 3.8) is 0 Å². The zero-order valence-corrected chi connectivity index (χ0v) is 17.5. The van der Waals surface area contributed by atoms with Gasteiger partial charge in [0.1, 0.15) is 11.4 Å². The summed E-state index contributed by atoms with van der Waals surface area (Å²) >= 11 is 5.95. The van der Waals surface area contributed by atoms with E-state index in [1.165, 1.54) is 18.3 Å². The van der Waals surface area contributed by atoms with Crippen molar-refractivity contribution in [3.05, 3.63) is 75.9 Å². The highest BCUT2D eigenvalue weighted by Crippen LogP contribution is 2.39. The van der Waals surface area contributed by atoms with E-state index in [2.05, 4.69) is 20.4 Å². The predicted octanol–water partition coefficient (Wildman–Crippen LogP) is 4.60. The number of carbonyl (C=O) groups excluding carboxylic acids is 1. The first kappa shape index (κ1) is 22.2. The second-order valence-corrected chi connectivity index (χ2v) is 8.10. The Morgan fingerprint density at radius 2 is 1.94 bits per heavy atom. The van der Waals surface area contributed by atoms with E-state index in [4.69, 9.17) is 16.1 Å². The fraction of sp³-hybridized carbons (Fsp3) is 0.333. The predicted molar refractivity (Wildman–Crippen MR) is 105 cm³/mol. The molecule has 1 saturated carbocycles. The Kier molecular flexibility index (Phi) is 5.66. The van der Waals surface area contributed by atoms with E-state index in [0.717, 1.165) is 12.1 Å². The lowest BCUT2D eigenvalue weighted by molar-refractivity contribution is -0.137. The number of pyridine rings is 1. The Hall–Kier alpha value is -3.01. The molecule has 0 saturated heterocycles. The van der Waals surface area contributed by atoms with E-state index < -0.39 is 23.1 Å². The molecule has 32 heavy (non-hydrogen) atoms. The van der Waals surface area contributed by atoms with Crippen LogP contribution in [0.2, 0.25) is 5.02 Å². The van der Waals surface area contributed by atoms with Crippen molar-refractivity contribution in [3.8, 4) is 0 Å². The number of nitrogens with one attached hydrogen (secondary N) is 1. The lowest BCUT2D eigenvalue weighted by Gasteiger charge is -2.35. The van der Waals surface area contributed by atoms with Gasteiger partial charge in [0.15, 0.2) is 5.82 Å². The standard InChI is InChI=1S/C21H17ClF4N4O2/c1-11-28-18(30-32-11)9-20(29-19(31)12-2-3-12,17-5-4-15(22)10-27-17)13-6-14(21(24,25)26)8-16(23)7-13/h4-8,10,12H,2-3,9H2,1H3,(H,29,31)/t20-/m0/s1. The van der Waals surface area contributed by atoms with E-state index in [1.54, 1.807) is 6.92 Å². The zero-order chi connectivity index (χ0) is 23.1. The molecule has 0 radical (unpaired) electrons. The Morgan fingerprint density at radius 3 is 2.50 bits per heavy atom. The van der Waals surface area contributed by atoms with Crippen molar-refractivity contribution in [1.29, 1.82) is 0 Å². The van der Waals surface area contributed by atoms with Crippen molar-refractivity contribution in [2.24, 2.45) is 5.92 Å². The molecular formula is C21H17ClF4N4O2. The van der Waals surface area contributed by atoms with Crippen LogP contribution in [0.15, 0.2) is 41.1 Å². The number of carbonyl (C=O) groups is 1. The van der Waals surface area contributed by atoms with Gasteiger partial charge in [0, 0.05) is 25.5 Å². The quantitative estimate of drug-likeness (QED) is 0.535. The molecule has 1 fully saturated rings. The van der Waals surface area contributed by atoms with Gasteiger partial charge in [-0.3, -0.25) is 9.78 Å². The van der Waals surface area contributed by atoms with E-state index in [0.29, 0.717) is 18.9 Å². The maximum absolute atomic E-state index is 14.4. The molecule has 4 rings (SSSR count). The summed E-state index contributed by atoms with van der Waals surface area (Å²) in [5, 5.41) is 6.91. The molecular weight excluding hydrogens is 452 g/mol. The van der Waals surface area contributed by atoms with Crippen molar-refractivity contribution < 1.29 is 26.9 Å². The molecule has 0 spiro atoms. The van der Waals surface area contributed by atoms with Gasteiger partial charge in [0.25, 0.3) is 0 Å². The number of hydrogen-bond acceptors (Lipinski definition) is 5. The molecule has 0 unspecified atom stereocenters. The minimum atomic E-state index is -4.81.